The molecule has 1 aromatic carbocycles. The van der Waals surface area contributed by atoms with Crippen molar-refractivity contribution in [1.29, 1.82) is 0 Å². The van der Waals surface area contributed by atoms with E-state index in [9.17, 15) is 4.39 Å². The van der Waals surface area contributed by atoms with E-state index in [-0.39, 0.29) is 5.82 Å². The van der Waals surface area contributed by atoms with Gasteiger partial charge < -0.3 is 10.2 Å². The summed E-state index contributed by atoms with van der Waals surface area (Å²) in [7, 11) is 0. The zero-order valence-electron chi connectivity index (χ0n) is 10.6. The highest BCUT2D eigenvalue weighted by Gasteiger charge is 2.26. The third-order valence-corrected chi connectivity index (χ3v) is 3.69. The number of likely N-dealkylation sites (N-methyl/N-ethyl adjacent to an activating group) is 1. The SMILES string of the molecule is CCN(c1ccc(F)cc1)C1CNCCC1C. The Morgan fingerprint density at radius 1 is 1.35 bits per heavy atom. The molecule has 1 fully saturated rings. The van der Waals surface area contributed by atoms with E-state index >= 15 is 0 Å². The highest BCUT2D eigenvalue weighted by atomic mass is 19.1. The van der Waals surface area contributed by atoms with Crippen LogP contribution in [-0.2, 0) is 0 Å². The summed E-state index contributed by atoms with van der Waals surface area (Å²) in [5, 5.41) is 3.45. The number of hydrogen-bond acceptors (Lipinski definition) is 2. The standard InChI is InChI=1S/C14H21FN2/c1-3-17(13-6-4-12(15)5-7-13)14-10-16-9-8-11(14)2/h4-7,11,14,16H,3,8-10H2,1-2H3. The summed E-state index contributed by atoms with van der Waals surface area (Å²) in [6, 6.07) is 7.34. The van der Waals surface area contributed by atoms with Crippen LogP contribution < -0.4 is 10.2 Å². The lowest BCUT2D eigenvalue weighted by molar-refractivity contribution is 0.332. The second-order valence-electron chi connectivity index (χ2n) is 4.80. The third-order valence-electron chi connectivity index (χ3n) is 3.69. The zero-order chi connectivity index (χ0) is 12.3. The minimum atomic E-state index is -0.167. The van der Waals surface area contributed by atoms with E-state index in [0.29, 0.717) is 12.0 Å². The van der Waals surface area contributed by atoms with Crippen LogP contribution in [0.2, 0.25) is 0 Å². The molecule has 1 N–H and O–H groups in total. The minimum absolute atomic E-state index is 0.167. The Balaban J connectivity index is 2.17. The number of piperidine rings is 1. The second kappa shape index (κ2) is 5.50. The topological polar surface area (TPSA) is 15.3 Å². The minimum Gasteiger partial charge on any atom is -0.367 e. The van der Waals surface area contributed by atoms with Crippen LogP contribution in [0.5, 0.6) is 0 Å². The van der Waals surface area contributed by atoms with Gasteiger partial charge in [0, 0.05) is 24.8 Å². The molecule has 1 aliphatic rings. The quantitative estimate of drug-likeness (QED) is 0.868. The van der Waals surface area contributed by atoms with Crippen molar-refractivity contribution in [2.45, 2.75) is 26.3 Å². The van der Waals surface area contributed by atoms with Crippen molar-refractivity contribution < 1.29 is 4.39 Å². The van der Waals surface area contributed by atoms with E-state index in [1.54, 1.807) is 12.1 Å². The van der Waals surface area contributed by atoms with Crippen LogP contribution in [0.3, 0.4) is 0 Å². The first-order valence-corrected chi connectivity index (χ1v) is 6.45. The van der Waals surface area contributed by atoms with Gasteiger partial charge in [0.05, 0.1) is 0 Å². The van der Waals surface area contributed by atoms with Crippen molar-refractivity contribution in [2.75, 3.05) is 24.5 Å². The number of nitrogens with one attached hydrogen (secondary N) is 1. The molecule has 2 atom stereocenters. The third kappa shape index (κ3) is 2.78. The molecule has 2 nitrogen and oxygen atoms in total. The first-order valence-electron chi connectivity index (χ1n) is 6.45. The van der Waals surface area contributed by atoms with Gasteiger partial charge in [-0.2, -0.15) is 0 Å². The molecule has 0 saturated carbocycles. The Labute approximate surface area is 103 Å². The first-order chi connectivity index (χ1) is 8.22. The highest BCUT2D eigenvalue weighted by Crippen LogP contribution is 2.24. The van der Waals surface area contributed by atoms with E-state index in [1.807, 2.05) is 12.1 Å². The lowest BCUT2D eigenvalue weighted by atomic mass is 9.93. The molecule has 17 heavy (non-hydrogen) atoms. The van der Waals surface area contributed by atoms with Crippen molar-refractivity contribution in [3.8, 4) is 0 Å². The Bertz CT molecular complexity index is 350. The average Bonchev–Trinajstić information content (AvgIpc) is 2.35. The summed E-state index contributed by atoms with van der Waals surface area (Å²) in [4.78, 5) is 2.37. The largest absolute Gasteiger partial charge is 0.367 e. The number of anilines is 1. The molecule has 0 aromatic heterocycles. The summed E-state index contributed by atoms with van der Waals surface area (Å²) >= 11 is 0. The molecule has 94 valence electrons. The monoisotopic (exact) mass is 236 g/mol. The molecule has 0 aliphatic carbocycles. The average molecular weight is 236 g/mol. The van der Waals surface area contributed by atoms with Gasteiger partial charge in [-0.1, -0.05) is 6.92 Å². The molecule has 2 rings (SSSR count). The highest BCUT2D eigenvalue weighted by molar-refractivity contribution is 5.47. The molecule has 3 heteroatoms. The molecule has 1 saturated heterocycles. The number of benzene rings is 1. The maximum Gasteiger partial charge on any atom is 0.123 e. The Morgan fingerprint density at radius 3 is 2.65 bits per heavy atom. The molecular weight excluding hydrogens is 215 g/mol. The summed E-state index contributed by atoms with van der Waals surface area (Å²) in [6.07, 6.45) is 1.21. The Kier molecular flexibility index (Phi) is 4.00. The van der Waals surface area contributed by atoms with Gasteiger partial charge in [0.2, 0.25) is 0 Å². The van der Waals surface area contributed by atoms with Crippen LogP contribution in [0.4, 0.5) is 10.1 Å². The molecule has 1 heterocycles. The van der Waals surface area contributed by atoms with E-state index < -0.39 is 0 Å². The van der Waals surface area contributed by atoms with Crippen LogP contribution in [-0.4, -0.2) is 25.7 Å². The summed E-state index contributed by atoms with van der Waals surface area (Å²) in [5.74, 6) is 0.515. The number of hydrogen-bond donors (Lipinski definition) is 1. The van der Waals surface area contributed by atoms with Gasteiger partial charge in [-0.25, -0.2) is 4.39 Å². The number of nitrogens with zero attached hydrogens (tertiary/aromatic N) is 1. The van der Waals surface area contributed by atoms with E-state index in [2.05, 4.69) is 24.1 Å². The molecule has 0 bridgehead atoms. The summed E-state index contributed by atoms with van der Waals surface area (Å²) < 4.78 is 12.9. The van der Waals surface area contributed by atoms with Crippen LogP contribution in [0, 0.1) is 11.7 Å². The second-order valence-corrected chi connectivity index (χ2v) is 4.80. The number of halogens is 1. The summed E-state index contributed by atoms with van der Waals surface area (Å²) in [6.45, 7) is 7.55. The van der Waals surface area contributed by atoms with Crippen LogP contribution in [0.1, 0.15) is 20.3 Å². The Hall–Kier alpha value is -1.09. The fourth-order valence-corrected chi connectivity index (χ4v) is 2.63. The van der Waals surface area contributed by atoms with Gasteiger partial charge in [0.25, 0.3) is 0 Å². The normalized spacial score (nSPS) is 24.6. The fourth-order valence-electron chi connectivity index (χ4n) is 2.63. The zero-order valence-corrected chi connectivity index (χ0v) is 10.6. The molecule has 1 aromatic rings. The molecule has 0 amide bonds. The van der Waals surface area contributed by atoms with Gasteiger partial charge in [-0.05, 0) is 50.1 Å². The Morgan fingerprint density at radius 2 is 2.06 bits per heavy atom. The maximum absolute atomic E-state index is 12.9. The van der Waals surface area contributed by atoms with E-state index in [4.69, 9.17) is 0 Å². The van der Waals surface area contributed by atoms with Crippen molar-refractivity contribution >= 4 is 5.69 Å². The lowest BCUT2D eigenvalue weighted by Crippen LogP contribution is -2.50. The van der Waals surface area contributed by atoms with E-state index in [1.165, 1.54) is 6.42 Å². The van der Waals surface area contributed by atoms with Crippen LogP contribution in [0.15, 0.2) is 24.3 Å². The number of rotatable bonds is 3. The fraction of sp³-hybridized carbons (Fsp3) is 0.571. The van der Waals surface area contributed by atoms with E-state index in [0.717, 1.165) is 25.3 Å². The first kappa shape index (κ1) is 12.4. The molecular formula is C14H21FN2. The van der Waals surface area contributed by atoms with Crippen LogP contribution in [0.25, 0.3) is 0 Å². The molecule has 0 spiro atoms. The van der Waals surface area contributed by atoms with Gasteiger partial charge in [-0.15, -0.1) is 0 Å². The smallest absolute Gasteiger partial charge is 0.123 e. The van der Waals surface area contributed by atoms with Crippen molar-refractivity contribution in [3.05, 3.63) is 30.1 Å². The van der Waals surface area contributed by atoms with Gasteiger partial charge >= 0.3 is 0 Å². The molecule has 0 radical (unpaired) electrons. The van der Waals surface area contributed by atoms with Crippen molar-refractivity contribution in [2.24, 2.45) is 5.92 Å². The summed E-state index contributed by atoms with van der Waals surface area (Å²) in [5.41, 5.74) is 1.12. The van der Waals surface area contributed by atoms with Gasteiger partial charge in [0.15, 0.2) is 0 Å². The lowest BCUT2D eigenvalue weighted by Gasteiger charge is -2.40. The van der Waals surface area contributed by atoms with Gasteiger partial charge in [0.1, 0.15) is 5.82 Å². The predicted molar refractivity (Wildman–Crippen MR) is 69.9 cm³/mol. The van der Waals surface area contributed by atoms with Gasteiger partial charge in [-0.3, -0.25) is 0 Å². The maximum atomic E-state index is 12.9. The molecule has 2 unspecified atom stereocenters. The predicted octanol–water partition coefficient (Wildman–Crippen LogP) is 2.65. The van der Waals surface area contributed by atoms with Crippen molar-refractivity contribution in [3.63, 3.8) is 0 Å². The van der Waals surface area contributed by atoms with Crippen molar-refractivity contribution in [1.82, 2.24) is 5.32 Å². The van der Waals surface area contributed by atoms with Crippen LogP contribution >= 0.6 is 0 Å². The molecule has 1 aliphatic heterocycles.